The van der Waals surface area contributed by atoms with Gasteiger partial charge in [-0.1, -0.05) is 25.1 Å². The Balaban J connectivity index is 1.64. The number of methoxy groups -OCH3 is 1. The number of anilines is 1. The zero-order valence-corrected chi connectivity index (χ0v) is 17.3. The molecule has 1 N–H and O–H groups in total. The van der Waals surface area contributed by atoms with Crippen LogP contribution in [0.1, 0.15) is 28.5 Å². The Kier molecular flexibility index (Phi) is 6.43. The molecule has 1 amide bonds. The molecule has 0 fully saturated rings. The average molecular weight is 426 g/mol. The molecule has 31 heavy (non-hydrogen) atoms. The van der Waals surface area contributed by atoms with E-state index < -0.39 is 16.8 Å². The van der Waals surface area contributed by atoms with Crippen molar-refractivity contribution >= 4 is 23.4 Å². The van der Waals surface area contributed by atoms with Crippen LogP contribution in [0.4, 0.5) is 11.5 Å². The first-order chi connectivity index (χ1) is 14.8. The van der Waals surface area contributed by atoms with Crippen LogP contribution in [-0.2, 0) is 22.6 Å². The number of benzene rings is 1. The number of aryl methyl sites for hydroxylation is 1. The van der Waals surface area contributed by atoms with Crippen LogP contribution in [0.25, 0.3) is 0 Å². The van der Waals surface area contributed by atoms with E-state index in [4.69, 9.17) is 4.74 Å². The SMILES string of the molecule is COC(=O)c1ccccc1Cn1cc(NC(=O)C(C)Cn2nc([N+](=O)[O-])cc2C)cn1. The summed E-state index contributed by atoms with van der Waals surface area (Å²) >= 11 is 0. The first kappa shape index (κ1) is 21.7. The number of nitrogens with one attached hydrogen (secondary N) is 1. The van der Waals surface area contributed by atoms with Gasteiger partial charge >= 0.3 is 11.8 Å². The van der Waals surface area contributed by atoms with Crippen molar-refractivity contribution in [1.29, 1.82) is 0 Å². The minimum absolute atomic E-state index is 0.201. The maximum absolute atomic E-state index is 12.5. The molecular weight excluding hydrogens is 404 g/mol. The normalized spacial score (nSPS) is 11.7. The number of nitro groups is 1. The van der Waals surface area contributed by atoms with E-state index in [0.717, 1.165) is 5.56 Å². The van der Waals surface area contributed by atoms with Crippen molar-refractivity contribution < 1.29 is 19.2 Å². The van der Waals surface area contributed by atoms with Gasteiger partial charge in [0.2, 0.25) is 5.91 Å². The Morgan fingerprint density at radius 3 is 2.74 bits per heavy atom. The third-order valence-corrected chi connectivity index (χ3v) is 4.71. The number of esters is 1. The number of aromatic nitrogens is 4. The highest BCUT2D eigenvalue weighted by atomic mass is 16.6. The molecular formula is C20H22N6O5. The Morgan fingerprint density at radius 1 is 1.32 bits per heavy atom. The molecule has 162 valence electrons. The van der Waals surface area contributed by atoms with Gasteiger partial charge in [0.05, 0.1) is 60.4 Å². The standard InChI is InChI=1S/C20H22N6O5/c1-13(10-25-14(2)8-18(23-25)26(29)30)19(27)22-16-9-21-24(12-16)11-15-6-4-5-7-17(15)20(28)31-3/h4-9,12-13H,10-11H2,1-3H3,(H,22,27). The largest absolute Gasteiger partial charge is 0.465 e. The third kappa shape index (κ3) is 5.13. The second kappa shape index (κ2) is 9.20. The lowest BCUT2D eigenvalue weighted by atomic mass is 10.1. The third-order valence-electron chi connectivity index (χ3n) is 4.71. The summed E-state index contributed by atoms with van der Waals surface area (Å²) < 4.78 is 7.84. The molecule has 11 heteroatoms. The number of nitrogens with zero attached hydrogens (tertiary/aromatic N) is 5. The molecule has 11 nitrogen and oxygen atoms in total. The summed E-state index contributed by atoms with van der Waals surface area (Å²) in [4.78, 5) is 34.7. The van der Waals surface area contributed by atoms with Crippen molar-refractivity contribution in [3.05, 3.63) is 69.7 Å². The van der Waals surface area contributed by atoms with Gasteiger partial charge in [-0.25, -0.2) is 4.79 Å². The van der Waals surface area contributed by atoms with Gasteiger partial charge in [-0.3, -0.25) is 9.48 Å². The Morgan fingerprint density at radius 2 is 2.06 bits per heavy atom. The van der Waals surface area contributed by atoms with E-state index in [2.05, 4.69) is 15.5 Å². The van der Waals surface area contributed by atoms with Crippen molar-refractivity contribution in [2.75, 3.05) is 12.4 Å². The number of hydrogen-bond acceptors (Lipinski definition) is 7. The highest BCUT2D eigenvalue weighted by Gasteiger charge is 2.21. The summed E-state index contributed by atoms with van der Waals surface area (Å²) in [5.41, 5.74) is 2.28. The van der Waals surface area contributed by atoms with Crippen molar-refractivity contribution in [3.8, 4) is 0 Å². The highest BCUT2D eigenvalue weighted by molar-refractivity contribution is 5.92. The fourth-order valence-electron chi connectivity index (χ4n) is 3.03. The molecule has 2 heterocycles. The van der Waals surface area contributed by atoms with Gasteiger partial charge in [0, 0.05) is 6.20 Å². The monoisotopic (exact) mass is 426 g/mol. The first-order valence-electron chi connectivity index (χ1n) is 9.47. The van der Waals surface area contributed by atoms with Gasteiger partial charge in [-0.05, 0) is 23.5 Å². The lowest BCUT2D eigenvalue weighted by Crippen LogP contribution is -2.25. The molecule has 1 aromatic carbocycles. The van der Waals surface area contributed by atoms with E-state index >= 15 is 0 Å². The van der Waals surface area contributed by atoms with Crippen molar-refractivity contribution in [2.45, 2.75) is 26.9 Å². The first-order valence-corrected chi connectivity index (χ1v) is 9.47. The van der Waals surface area contributed by atoms with Gasteiger partial charge in [-0.15, -0.1) is 0 Å². The predicted molar refractivity (Wildman–Crippen MR) is 111 cm³/mol. The lowest BCUT2D eigenvalue weighted by molar-refractivity contribution is -0.389. The van der Waals surface area contributed by atoms with Gasteiger partial charge in [0.25, 0.3) is 0 Å². The molecule has 3 rings (SSSR count). The van der Waals surface area contributed by atoms with Crippen LogP contribution in [0.3, 0.4) is 0 Å². The lowest BCUT2D eigenvalue weighted by Gasteiger charge is -2.10. The van der Waals surface area contributed by atoms with Crippen LogP contribution in [0.15, 0.2) is 42.7 Å². The maximum Gasteiger partial charge on any atom is 0.390 e. The highest BCUT2D eigenvalue weighted by Crippen LogP contribution is 2.16. The fraction of sp³-hybridized carbons (Fsp3) is 0.300. The quantitative estimate of drug-likeness (QED) is 0.332. The number of amides is 1. The summed E-state index contributed by atoms with van der Waals surface area (Å²) in [6, 6.07) is 8.41. The van der Waals surface area contributed by atoms with Crippen LogP contribution >= 0.6 is 0 Å². The van der Waals surface area contributed by atoms with E-state index in [9.17, 15) is 19.7 Å². The average Bonchev–Trinajstić information content (AvgIpc) is 3.34. The molecule has 0 aliphatic heterocycles. The Hall–Kier alpha value is -4.02. The second-order valence-electron chi connectivity index (χ2n) is 7.05. The number of carbonyl (C=O) groups excluding carboxylic acids is 2. The van der Waals surface area contributed by atoms with Crippen molar-refractivity contribution in [1.82, 2.24) is 19.6 Å². The van der Waals surface area contributed by atoms with Crippen LogP contribution in [-0.4, -0.2) is 43.5 Å². The van der Waals surface area contributed by atoms with Crippen LogP contribution in [0, 0.1) is 23.0 Å². The van der Waals surface area contributed by atoms with Crippen molar-refractivity contribution in [3.63, 3.8) is 0 Å². The molecule has 0 spiro atoms. The van der Waals surface area contributed by atoms with E-state index in [1.54, 1.807) is 42.9 Å². The van der Waals surface area contributed by atoms with E-state index in [0.29, 0.717) is 23.5 Å². The number of hydrogen-bond donors (Lipinski definition) is 1. The molecule has 2 aromatic heterocycles. The smallest absolute Gasteiger partial charge is 0.390 e. The summed E-state index contributed by atoms with van der Waals surface area (Å²) in [6.45, 7) is 3.93. The van der Waals surface area contributed by atoms with Crippen LogP contribution in [0.5, 0.6) is 0 Å². The van der Waals surface area contributed by atoms with Gasteiger partial charge < -0.3 is 20.2 Å². The second-order valence-corrected chi connectivity index (χ2v) is 7.05. The van der Waals surface area contributed by atoms with E-state index in [1.165, 1.54) is 24.1 Å². The molecule has 1 atom stereocenters. The summed E-state index contributed by atoms with van der Waals surface area (Å²) in [5, 5.41) is 21.8. The van der Waals surface area contributed by atoms with Crippen molar-refractivity contribution in [2.24, 2.45) is 5.92 Å². The minimum atomic E-state index is -0.568. The number of ether oxygens (including phenoxy) is 1. The molecule has 3 aromatic rings. The predicted octanol–water partition coefficient (Wildman–Crippen LogP) is 2.41. The molecule has 1 unspecified atom stereocenters. The number of rotatable bonds is 8. The molecule has 0 aliphatic rings. The van der Waals surface area contributed by atoms with E-state index in [1.807, 2.05) is 6.07 Å². The van der Waals surface area contributed by atoms with Gasteiger partial charge in [0.15, 0.2) is 0 Å². The van der Waals surface area contributed by atoms with Gasteiger partial charge in [-0.2, -0.15) is 9.78 Å². The molecule has 0 radical (unpaired) electrons. The molecule has 0 bridgehead atoms. The summed E-state index contributed by atoms with van der Waals surface area (Å²) in [5.74, 6) is -1.44. The summed E-state index contributed by atoms with van der Waals surface area (Å²) in [6.07, 6.45) is 3.16. The molecule has 0 saturated carbocycles. The van der Waals surface area contributed by atoms with E-state index in [-0.39, 0.29) is 18.3 Å². The zero-order valence-electron chi connectivity index (χ0n) is 17.3. The van der Waals surface area contributed by atoms with Crippen LogP contribution < -0.4 is 5.32 Å². The Bertz CT molecular complexity index is 1120. The van der Waals surface area contributed by atoms with Crippen LogP contribution in [0.2, 0.25) is 0 Å². The molecule has 0 saturated heterocycles. The topological polar surface area (TPSA) is 134 Å². The maximum atomic E-state index is 12.5. The summed E-state index contributed by atoms with van der Waals surface area (Å²) in [7, 11) is 1.32. The molecule has 0 aliphatic carbocycles. The van der Waals surface area contributed by atoms with Gasteiger partial charge in [0.1, 0.15) is 0 Å². The fourth-order valence-corrected chi connectivity index (χ4v) is 3.03. The number of carbonyl (C=O) groups is 2. The minimum Gasteiger partial charge on any atom is -0.465 e. The Labute approximate surface area is 177 Å². The zero-order chi connectivity index (χ0) is 22.5.